The maximum Gasteiger partial charge on any atom is 0.274 e. The Bertz CT molecular complexity index is 809. The molecule has 1 aliphatic heterocycles. The average molecular weight is 324 g/mol. The highest BCUT2D eigenvalue weighted by molar-refractivity contribution is 6.22. The number of aryl methyl sites for hydroxylation is 1. The molecule has 0 unspecified atom stereocenters. The van der Waals surface area contributed by atoms with Crippen LogP contribution in [0.4, 0.5) is 11.4 Å². The number of hydrogen-bond donors (Lipinski definition) is 0. The van der Waals surface area contributed by atoms with E-state index in [9.17, 15) is 19.7 Å². The number of nitro groups is 1. The summed E-state index contributed by atoms with van der Waals surface area (Å²) in [6.07, 6.45) is 5.35. The van der Waals surface area contributed by atoms with Crippen LogP contribution in [0.25, 0.3) is 0 Å². The first-order chi connectivity index (χ1) is 11.5. The first-order valence-corrected chi connectivity index (χ1v) is 8.30. The second-order valence-electron chi connectivity index (χ2n) is 7.39. The highest BCUT2D eigenvalue weighted by Crippen LogP contribution is 2.65. The van der Waals surface area contributed by atoms with Crippen molar-refractivity contribution in [1.82, 2.24) is 0 Å². The topological polar surface area (TPSA) is 80.5 Å². The maximum atomic E-state index is 13.0. The highest BCUT2D eigenvalue weighted by Gasteiger charge is 2.67. The zero-order valence-corrected chi connectivity index (χ0v) is 13.1. The second kappa shape index (κ2) is 4.32. The molecule has 2 saturated carbocycles. The fraction of sp³-hybridized carbons (Fsp3) is 0.444. The number of rotatable bonds is 2. The van der Waals surface area contributed by atoms with E-state index in [1.807, 2.05) is 0 Å². The Morgan fingerprint density at radius 2 is 1.67 bits per heavy atom. The Labute approximate surface area is 138 Å². The van der Waals surface area contributed by atoms with E-state index in [0.29, 0.717) is 23.1 Å². The van der Waals surface area contributed by atoms with Crippen molar-refractivity contribution in [3.8, 4) is 0 Å². The van der Waals surface area contributed by atoms with Crippen molar-refractivity contribution < 1.29 is 14.5 Å². The Morgan fingerprint density at radius 3 is 2.21 bits per heavy atom. The molecule has 2 bridgehead atoms. The fourth-order valence-corrected chi connectivity index (χ4v) is 5.15. The van der Waals surface area contributed by atoms with Crippen LogP contribution in [0.1, 0.15) is 12.0 Å². The summed E-state index contributed by atoms with van der Waals surface area (Å²) in [4.78, 5) is 37.8. The Kier molecular flexibility index (Phi) is 2.50. The van der Waals surface area contributed by atoms with Gasteiger partial charge in [-0.15, -0.1) is 0 Å². The number of nitrogens with zero attached hydrogens (tertiary/aromatic N) is 2. The molecular formula is C18H16N2O4. The molecule has 24 heavy (non-hydrogen) atoms. The van der Waals surface area contributed by atoms with Crippen LogP contribution in [0.5, 0.6) is 0 Å². The lowest BCUT2D eigenvalue weighted by Gasteiger charge is -2.37. The number of nitro benzene ring substituents is 1. The molecule has 3 fully saturated rings. The van der Waals surface area contributed by atoms with Crippen molar-refractivity contribution in [1.29, 1.82) is 0 Å². The molecule has 0 aromatic heterocycles. The van der Waals surface area contributed by atoms with E-state index in [1.54, 1.807) is 19.1 Å². The molecule has 1 aromatic rings. The minimum absolute atomic E-state index is 0.0630. The van der Waals surface area contributed by atoms with Gasteiger partial charge in [0.25, 0.3) is 5.69 Å². The molecule has 0 spiro atoms. The van der Waals surface area contributed by atoms with E-state index < -0.39 is 4.92 Å². The van der Waals surface area contributed by atoms with E-state index in [4.69, 9.17) is 0 Å². The van der Waals surface area contributed by atoms with E-state index >= 15 is 0 Å². The molecule has 2 amide bonds. The van der Waals surface area contributed by atoms with Crippen LogP contribution in [0.3, 0.4) is 0 Å². The molecule has 4 aliphatic carbocycles. The third kappa shape index (κ3) is 1.56. The number of anilines is 1. The van der Waals surface area contributed by atoms with Gasteiger partial charge in [-0.3, -0.25) is 19.7 Å². The Hall–Kier alpha value is -2.50. The molecule has 6 heteroatoms. The standard InChI is InChI=1S/C18H16N2O4/c1-8-2-3-9(6-14(8)20(23)24)19-17(21)15-10-4-5-11(13-7-12(10)13)16(15)18(19)22/h2-6,10-13,15-16H,7H2,1H3/t10-,11-,12-,13-,15-,16+/m0/s1. The molecule has 5 aliphatic rings. The normalized spacial score (nSPS) is 38.3. The molecule has 122 valence electrons. The summed E-state index contributed by atoms with van der Waals surface area (Å²) in [7, 11) is 0. The van der Waals surface area contributed by atoms with Crippen LogP contribution in [-0.4, -0.2) is 16.7 Å². The van der Waals surface area contributed by atoms with Crippen molar-refractivity contribution >= 4 is 23.2 Å². The largest absolute Gasteiger partial charge is 0.274 e. The van der Waals surface area contributed by atoms with E-state index in [-0.39, 0.29) is 41.2 Å². The van der Waals surface area contributed by atoms with E-state index in [1.165, 1.54) is 11.0 Å². The summed E-state index contributed by atoms with van der Waals surface area (Å²) in [5.74, 6) is 0.475. The smallest absolute Gasteiger partial charge is 0.274 e. The van der Waals surface area contributed by atoms with Crippen molar-refractivity contribution in [2.75, 3.05) is 4.90 Å². The van der Waals surface area contributed by atoms with E-state index in [0.717, 1.165) is 6.42 Å². The monoisotopic (exact) mass is 324 g/mol. The summed E-state index contributed by atoms with van der Waals surface area (Å²) in [5, 5.41) is 11.2. The summed E-state index contributed by atoms with van der Waals surface area (Å²) in [6.45, 7) is 1.65. The van der Waals surface area contributed by atoms with Crippen LogP contribution in [0.15, 0.2) is 30.4 Å². The maximum absolute atomic E-state index is 13.0. The zero-order chi connectivity index (χ0) is 16.7. The zero-order valence-electron chi connectivity index (χ0n) is 13.1. The number of imide groups is 1. The minimum atomic E-state index is -0.475. The molecule has 6 rings (SSSR count). The van der Waals surface area contributed by atoms with Gasteiger partial charge in [0.05, 0.1) is 22.4 Å². The fourth-order valence-electron chi connectivity index (χ4n) is 5.15. The molecule has 0 radical (unpaired) electrons. The second-order valence-corrected chi connectivity index (χ2v) is 7.39. The Balaban J connectivity index is 1.57. The van der Waals surface area contributed by atoms with Gasteiger partial charge in [-0.1, -0.05) is 18.2 Å². The minimum Gasteiger partial charge on any atom is -0.274 e. The molecule has 6 atom stereocenters. The van der Waals surface area contributed by atoms with Crippen molar-refractivity contribution in [2.24, 2.45) is 35.5 Å². The van der Waals surface area contributed by atoms with Crippen LogP contribution in [0.2, 0.25) is 0 Å². The number of carbonyl (C=O) groups is 2. The average Bonchev–Trinajstić information content (AvgIpc) is 3.33. The van der Waals surface area contributed by atoms with Gasteiger partial charge in [0, 0.05) is 11.6 Å². The molecule has 1 heterocycles. The quantitative estimate of drug-likeness (QED) is 0.362. The van der Waals surface area contributed by atoms with Gasteiger partial charge in [0.1, 0.15) is 0 Å². The first-order valence-electron chi connectivity index (χ1n) is 8.30. The summed E-state index contributed by atoms with van der Waals surface area (Å²) < 4.78 is 0. The molecule has 1 saturated heterocycles. The molecule has 1 aromatic carbocycles. The lowest BCUT2D eigenvalue weighted by molar-refractivity contribution is -0.385. The molecule has 0 N–H and O–H groups in total. The van der Waals surface area contributed by atoms with Gasteiger partial charge in [0.15, 0.2) is 0 Å². The van der Waals surface area contributed by atoms with Gasteiger partial charge in [-0.05, 0) is 43.1 Å². The highest BCUT2D eigenvalue weighted by atomic mass is 16.6. The van der Waals surface area contributed by atoms with Gasteiger partial charge < -0.3 is 0 Å². The first kappa shape index (κ1) is 13.9. The third-order valence-corrected chi connectivity index (χ3v) is 6.31. The van der Waals surface area contributed by atoms with Crippen LogP contribution in [-0.2, 0) is 9.59 Å². The van der Waals surface area contributed by atoms with Crippen LogP contribution in [0, 0.1) is 52.5 Å². The van der Waals surface area contributed by atoms with Gasteiger partial charge in [0.2, 0.25) is 11.8 Å². The number of allylic oxidation sites excluding steroid dienone is 2. The van der Waals surface area contributed by atoms with E-state index in [2.05, 4.69) is 12.2 Å². The number of benzene rings is 1. The number of amides is 2. The number of carbonyl (C=O) groups excluding carboxylic acids is 2. The third-order valence-electron chi connectivity index (χ3n) is 6.31. The lowest BCUT2D eigenvalue weighted by Crippen LogP contribution is -2.40. The van der Waals surface area contributed by atoms with Crippen LogP contribution < -0.4 is 4.90 Å². The summed E-state index contributed by atoms with van der Waals surface area (Å²) in [6, 6.07) is 4.57. The predicted molar refractivity (Wildman–Crippen MR) is 85.0 cm³/mol. The summed E-state index contributed by atoms with van der Waals surface area (Å²) >= 11 is 0. The van der Waals surface area contributed by atoms with Crippen molar-refractivity contribution in [3.05, 3.63) is 46.0 Å². The number of hydrogen-bond acceptors (Lipinski definition) is 4. The summed E-state index contributed by atoms with van der Waals surface area (Å²) in [5.41, 5.74) is 0.778. The van der Waals surface area contributed by atoms with Crippen molar-refractivity contribution in [2.45, 2.75) is 13.3 Å². The van der Waals surface area contributed by atoms with Gasteiger partial charge >= 0.3 is 0 Å². The lowest BCUT2D eigenvalue weighted by atomic mass is 9.63. The van der Waals surface area contributed by atoms with Gasteiger partial charge in [-0.2, -0.15) is 0 Å². The van der Waals surface area contributed by atoms with Crippen LogP contribution >= 0.6 is 0 Å². The molecular weight excluding hydrogens is 308 g/mol. The van der Waals surface area contributed by atoms with Crippen molar-refractivity contribution in [3.63, 3.8) is 0 Å². The Morgan fingerprint density at radius 1 is 1.08 bits per heavy atom. The predicted octanol–water partition coefficient (Wildman–Crippen LogP) is 2.46. The van der Waals surface area contributed by atoms with Gasteiger partial charge in [-0.25, -0.2) is 4.90 Å². The molecule has 6 nitrogen and oxygen atoms in total. The SMILES string of the molecule is Cc1ccc(N2C(=O)[C@@H]3[C@H]4C=C[C@@H]([C@@H]5C[C@@H]45)[C@@H]3C2=O)cc1[N+](=O)[O-].